The van der Waals surface area contributed by atoms with Crippen molar-refractivity contribution in [3.63, 3.8) is 0 Å². The van der Waals surface area contributed by atoms with Crippen molar-refractivity contribution in [3.05, 3.63) is 51.9 Å². The lowest BCUT2D eigenvalue weighted by molar-refractivity contribution is -0.143. The summed E-state index contributed by atoms with van der Waals surface area (Å²) in [7, 11) is 1.24. The molecule has 2 aromatic rings. The minimum Gasteiger partial charge on any atom is -0.490 e. The van der Waals surface area contributed by atoms with Crippen LogP contribution in [0.3, 0.4) is 0 Å². The molecule has 32 heavy (non-hydrogen) atoms. The molecule has 0 unspecified atom stereocenters. The first-order chi connectivity index (χ1) is 15.3. The van der Waals surface area contributed by atoms with Crippen LogP contribution in [0.15, 0.2) is 45.0 Å². The summed E-state index contributed by atoms with van der Waals surface area (Å²) < 4.78 is 21.2. The first-order valence-corrected chi connectivity index (χ1v) is 10.2. The highest BCUT2D eigenvalue weighted by molar-refractivity contribution is 9.10. The second kappa shape index (κ2) is 10.1. The fraction of sp³-hybridized carbons (Fsp3) is 0.238. The van der Waals surface area contributed by atoms with Gasteiger partial charge in [0.25, 0.3) is 11.8 Å². The fourth-order valence-corrected chi connectivity index (χ4v) is 3.40. The number of carbonyl (C=O) groups excluding carboxylic acids is 4. The first-order valence-electron chi connectivity index (χ1n) is 9.41. The van der Waals surface area contributed by atoms with Crippen molar-refractivity contribution in [2.24, 2.45) is 0 Å². The Morgan fingerprint density at radius 3 is 2.69 bits per heavy atom. The number of nitrogens with zero attached hydrogens (tertiary/aromatic N) is 1. The van der Waals surface area contributed by atoms with Gasteiger partial charge in [0.05, 0.1) is 31.0 Å². The van der Waals surface area contributed by atoms with E-state index in [1.54, 1.807) is 31.2 Å². The van der Waals surface area contributed by atoms with E-state index in [0.29, 0.717) is 22.4 Å². The van der Waals surface area contributed by atoms with Crippen LogP contribution in [0.1, 0.15) is 18.2 Å². The van der Waals surface area contributed by atoms with Gasteiger partial charge in [0, 0.05) is 0 Å². The summed E-state index contributed by atoms with van der Waals surface area (Å²) in [4.78, 5) is 49.6. The molecule has 1 aliphatic rings. The van der Waals surface area contributed by atoms with E-state index in [1.165, 1.54) is 19.4 Å². The number of esters is 1. The molecule has 1 fully saturated rings. The first kappa shape index (κ1) is 23.1. The van der Waals surface area contributed by atoms with Gasteiger partial charge < -0.3 is 18.6 Å². The molecule has 11 heteroatoms. The number of carbonyl (C=O) groups is 4. The number of furan rings is 1. The largest absolute Gasteiger partial charge is 0.490 e. The van der Waals surface area contributed by atoms with Crippen LogP contribution < -0.4 is 14.8 Å². The predicted octanol–water partition coefficient (Wildman–Crippen LogP) is 2.65. The standard InChI is InChI=1S/C21H19BrN2O8/c1-3-30-16-9-12(8-15(22)18(16)32-11-17(25)29-2)7-14-19(26)23-21(28)24(20(14)27)10-13-5-4-6-31-13/h4-9H,3,10-11H2,1-2H3,(H,23,26,28)/b14-7+. The number of ether oxygens (including phenoxy) is 3. The second-order valence-electron chi connectivity index (χ2n) is 6.42. The molecule has 1 saturated heterocycles. The predicted molar refractivity (Wildman–Crippen MR) is 114 cm³/mol. The van der Waals surface area contributed by atoms with E-state index in [-0.39, 0.29) is 30.2 Å². The van der Waals surface area contributed by atoms with Crippen LogP contribution in [-0.4, -0.2) is 49.0 Å². The number of imide groups is 2. The Morgan fingerprint density at radius 2 is 2.03 bits per heavy atom. The van der Waals surface area contributed by atoms with E-state index < -0.39 is 23.8 Å². The van der Waals surface area contributed by atoms with E-state index >= 15 is 0 Å². The summed E-state index contributed by atoms with van der Waals surface area (Å²) in [6, 6.07) is 5.52. The summed E-state index contributed by atoms with van der Waals surface area (Å²) >= 11 is 3.35. The highest BCUT2D eigenvalue weighted by Gasteiger charge is 2.36. The quantitative estimate of drug-likeness (QED) is 0.329. The van der Waals surface area contributed by atoms with Gasteiger partial charge in [0.1, 0.15) is 11.3 Å². The van der Waals surface area contributed by atoms with Crippen molar-refractivity contribution in [1.29, 1.82) is 0 Å². The van der Waals surface area contributed by atoms with Gasteiger partial charge in [-0.15, -0.1) is 0 Å². The molecule has 2 heterocycles. The SMILES string of the molecule is CCOc1cc(/C=C2\C(=O)NC(=O)N(Cc3ccco3)C2=O)cc(Br)c1OCC(=O)OC. The van der Waals surface area contributed by atoms with Gasteiger partial charge >= 0.3 is 12.0 Å². The Balaban J connectivity index is 1.92. The number of halogens is 1. The van der Waals surface area contributed by atoms with Crippen LogP contribution in [0.4, 0.5) is 4.79 Å². The Labute approximate surface area is 191 Å². The van der Waals surface area contributed by atoms with Crippen LogP contribution in [-0.2, 0) is 25.7 Å². The molecule has 0 saturated carbocycles. The molecule has 1 aromatic heterocycles. The zero-order chi connectivity index (χ0) is 23.3. The van der Waals surface area contributed by atoms with Crippen molar-refractivity contribution >= 4 is 45.8 Å². The number of urea groups is 1. The average Bonchev–Trinajstić information content (AvgIpc) is 3.27. The summed E-state index contributed by atoms with van der Waals surface area (Å²) in [5.41, 5.74) is 0.185. The Kier molecular flexibility index (Phi) is 7.31. The third-order valence-corrected chi connectivity index (χ3v) is 4.87. The van der Waals surface area contributed by atoms with Gasteiger partial charge in [-0.1, -0.05) is 0 Å². The number of barbiturate groups is 1. The lowest BCUT2D eigenvalue weighted by Crippen LogP contribution is -2.53. The second-order valence-corrected chi connectivity index (χ2v) is 7.27. The van der Waals surface area contributed by atoms with E-state index in [0.717, 1.165) is 4.90 Å². The van der Waals surface area contributed by atoms with E-state index in [9.17, 15) is 19.2 Å². The van der Waals surface area contributed by atoms with E-state index in [4.69, 9.17) is 13.9 Å². The molecule has 3 rings (SSSR count). The topological polar surface area (TPSA) is 124 Å². The van der Waals surface area contributed by atoms with Crippen LogP contribution in [0.25, 0.3) is 6.08 Å². The lowest BCUT2D eigenvalue weighted by Gasteiger charge is -2.25. The van der Waals surface area contributed by atoms with Gasteiger partial charge in [-0.2, -0.15) is 0 Å². The molecule has 168 valence electrons. The van der Waals surface area contributed by atoms with E-state index in [2.05, 4.69) is 26.0 Å². The number of amides is 4. The lowest BCUT2D eigenvalue weighted by atomic mass is 10.1. The maximum Gasteiger partial charge on any atom is 0.343 e. The van der Waals surface area contributed by atoms with Gasteiger partial charge in [0.15, 0.2) is 18.1 Å². The average molecular weight is 507 g/mol. The number of benzene rings is 1. The monoisotopic (exact) mass is 506 g/mol. The molecule has 0 bridgehead atoms. The van der Waals surface area contributed by atoms with Crippen molar-refractivity contribution in [3.8, 4) is 11.5 Å². The Bertz CT molecular complexity index is 1080. The number of rotatable bonds is 8. The van der Waals surface area contributed by atoms with E-state index in [1.807, 2.05) is 0 Å². The molecule has 0 spiro atoms. The third-order valence-electron chi connectivity index (χ3n) is 4.28. The molecular formula is C21H19BrN2O8. The highest BCUT2D eigenvalue weighted by Crippen LogP contribution is 2.37. The van der Waals surface area contributed by atoms with Crippen molar-refractivity contribution in [2.75, 3.05) is 20.3 Å². The highest BCUT2D eigenvalue weighted by atomic mass is 79.9. The van der Waals surface area contributed by atoms with Crippen LogP contribution in [0.2, 0.25) is 0 Å². The van der Waals surface area contributed by atoms with Crippen LogP contribution >= 0.6 is 15.9 Å². The normalized spacial score (nSPS) is 15.0. The fourth-order valence-electron chi connectivity index (χ4n) is 2.83. The van der Waals surface area contributed by atoms with Crippen molar-refractivity contribution < 1.29 is 37.8 Å². The summed E-state index contributed by atoms with van der Waals surface area (Å²) in [6.45, 7) is 1.60. The minimum atomic E-state index is -0.837. The number of nitrogens with one attached hydrogen (secondary N) is 1. The van der Waals surface area contributed by atoms with Gasteiger partial charge in [-0.3, -0.25) is 19.8 Å². The van der Waals surface area contributed by atoms with Gasteiger partial charge in [0.2, 0.25) is 0 Å². The molecule has 0 radical (unpaired) electrons. The van der Waals surface area contributed by atoms with Crippen molar-refractivity contribution in [2.45, 2.75) is 13.5 Å². The maximum atomic E-state index is 12.9. The minimum absolute atomic E-state index is 0.128. The summed E-state index contributed by atoms with van der Waals surface area (Å²) in [6.07, 6.45) is 2.75. The summed E-state index contributed by atoms with van der Waals surface area (Å²) in [5, 5.41) is 2.15. The van der Waals surface area contributed by atoms with Crippen molar-refractivity contribution in [1.82, 2.24) is 10.2 Å². The molecule has 4 amide bonds. The molecule has 1 N–H and O–H groups in total. The number of methoxy groups -OCH3 is 1. The molecule has 0 aliphatic carbocycles. The zero-order valence-corrected chi connectivity index (χ0v) is 18.8. The zero-order valence-electron chi connectivity index (χ0n) is 17.2. The molecular weight excluding hydrogens is 488 g/mol. The Hall–Kier alpha value is -3.60. The number of hydrogen-bond acceptors (Lipinski definition) is 8. The molecule has 10 nitrogen and oxygen atoms in total. The maximum absolute atomic E-state index is 12.9. The Morgan fingerprint density at radius 1 is 1.25 bits per heavy atom. The molecule has 0 atom stereocenters. The van der Waals surface area contributed by atoms with Crippen LogP contribution in [0.5, 0.6) is 11.5 Å². The third kappa shape index (κ3) is 5.17. The number of hydrogen-bond donors (Lipinski definition) is 1. The molecule has 1 aliphatic heterocycles. The van der Waals surface area contributed by atoms with Gasteiger partial charge in [-0.25, -0.2) is 9.59 Å². The van der Waals surface area contributed by atoms with Gasteiger partial charge in [-0.05, 0) is 58.8 Å². The summed E-state index contributed by atoms with van der Waals surface area (Å²) in [5.74, 6) is -1.24. The molecule has 1 aromatic carbocycles. The van der Waals surface area contributed by atoms with Crippen LogP contribution in [0, 0.1) is 0 Å². The smallest absolute Gasteiger partial charge is 0.343 e.